The summed E-state index contributed by atoms with van der Waals surface area (Å²) in [6, 6.07) is 8.59. The zero-order valence-electron chi connectivity index (χ0n) is 21.2. The van der Waals surface area contributed by atoms with Crippen molar-refractivity contribution in [3.8, 4) is 0 Å². The highest BCUT2D eigenvalue weighted by atomic mass is 32.2. The van der Waals surface area contributed by atoms with Crippen LogP contribution in [-0.2, 0) is 16.4 Å². The summed E-state index contributed by atoms with van der Waals surface area (Å²) in [6.07, 6.45) is -2.64. The number of amides is 2. The number of nitrogens with one attached hydrogen (secondary N) is 2. The Bertz CT molecular complexity index is 1400. The summed E-state index contributed by atoms with van der Waals surface area (Å²) in [4.78, 5) is 29.5. The Balaban J connectivity index is 1.82. The van der Waals surface area contributed by atoms with Gasteiger partial charge in [-0.3, -0.25) is 9.59 Å². The smallest absolute Gasteiger partial charge is 0.271 e. The van der Waals surface area contributed by atoms with Gasteiger partial charge in [0.05, 0.1) is 18.3 Å². The maximum Gasteiger partial charge on any atom is 0.271 e. The van der Waals surface area contributed by atoms with Gasteiger partial charge in [-0.15, -0.1) is 11.3 Å². The summed E-state index contributed by atoms with van der Waals surface area (Å²) in [5.41, 5.74) is 0.235. The van der Waals surface area contributed by atoms with Crippen molar-refractivity contribution in [2.24, 2.45) is 0 Å². The molecule has 1 aromatic heterocycles. The van der Waals surface area contributed by atoms with Crippen molar-refractivity contribution in [2.45, 2.75) is 37.6 Å². The Morgan fingerprint density at radius 2 is 1.64 bits per heavy atom. The van der Waals surface area contributed by atoms with Crippen LogP contribution in [0.4, 0.5) is 13.9 Å². The highest BCUT2D eigenvalue weighted by Crippen LogP contribution is 2.22. The number of hydrogen-bond acceptors (Lipinski definition) is 8. The number of aliphatic hydroxyl groups is 2. The zero-order valence-corrected chi connectivity index (χ0v) is 22.8. The van der Waals surface area contributed by atoms with E-state index < -0.39 is 57.8 Å². The van der Waals surface area contributed by atoms with Crippen molar-refractivity contribution in [2.75, 3.05) is 17.6 Å². The van der Waals surface area contributed by atoms with Gasteiger partial charge in [0, 0.05) is 24.1 Å². The van der Waals surface area contributed by atoms with Crippen LogP contribution in [0.1, 0.15) is 33.3 Å². The molecule has 0 unspecified atom stereocenters. The van der Waals surface area contributed by atoms with E-state index in [4.69, 9.17) is 0 Å². The normalized spacial score (nSPS) is 14.6. The van der Waals surface area contributed by atoms with Crippen LogP contribution in [0, 0.1) is 11.6 Å². The molecule has 14 heteroatoms. The Morgan fingerprint density at radius 3 is 2.23 bits per heavy atom. The molecule has 2 amide bonds. The van der Waals surface area contributed by atoms with E-state index in [1.165, 1.54) is 19.4 Å². The molecule has 0 radical (unpaired) electrons. The van der Waals surface area contributed by atoms with E-state index in [9.17, 15) is 37.0 Å². The van der Waals surface area contributed by atoms with Crippen molar-refractivity contribution in [3.63, 3.8) is 0 Å². The maximum atomic E-state index is 13.8. The molecule has 0 saturated heterocycles. The molecule has 4 N–H and O–H groups in total. The first-order valence-corrected chi connectivity index (χ1v) is 14.4. The number of carbonyl (C=O) groups is 2. The molecule has 10 nitrogen and oxygen atoms in total. The van der Waals surface area contributed by atoms with Gasteiger partial charge in [-0.25, -0.2) is 26.5 Å². The Kier molecular flexibility index (Phi) is 9.72. The molecule has 3 rings (SSSR count). The lowest BCUT2D eigenvalue weighted by molar-refractivity contribution is -0.0188. The first-order valence-electron chi connectivity index (χ1n) is 11.6. The van der Waals surface area contributed by atoms with Crippen molar-refractivity contribution in [3.05, 3.63) is 82.4 Å². The van der Waals surface area contributed by atoms with Gasteiger partial charge in [0.15, 0.2) is 5.13 Å². The fourth-order valence-corrected chi connectivity index (χ4v) is 5.17. The molecule has 0 aliphatic carbocycles. The van der Waals surface area contributed by atoms with Crippen LogP contribution in [0.2, 0.25) is 0 Å². The molecular formula is C25H28F2N4O6S2. The number of thiazole rings is 1. The van der Waals surface area contributed by atoms with Gasteiger partial charge in [0.1, 0.15) is 29.5 Å². The number of benzene rings is 2. The summed E-state index contributed by atoms with van der Waals surface area (Å²) < 4.78 is 52.1. The average molecular weight is 583 g/mol. The maximum absolute atomic E-state index is 13.8. The van der Waals surface area contributed by atoms with Gasteiger partial charge in [-0.2, -0.15) is 0 Å². The van der Waals surface area contributed by atoms with E-state index in [1.54, 1.807) is 30.3 Å². The molecule has 1 heterocycles. The number of halogens is 2. The first-order chi connectivity index (χ1) is 18.3. The van der Waals surface area contributed by atoms with E-state index in [2.05, 4.69) is 15.6 Å². The number of anilines is 1. The third-order valence-corrected chi connectivity index (χ3v) is 8.06. The summed E-state index contributed by atoms with van der Waals surface area (Å²) in [5.74, 6) is -3.08. The predicted molar refractivity (Wildman–Crippen MR) is 142 cm³/mol. The number of sulfonamides is 1. The number of aliphatic hydroxyl groups excluding tert-OH is 2. The topological polar surface area (TPSA) is 149 Å². The third kappa shape index (κ3) is 8.02. The molecule has 4 atom stereocenters. The molecular weight excluding hydrogens is 554 g/mol. The minimum atomic E-state index is -3.63. The van der Waals surface area contributed by atoms with E-state index in [0.717, 1.165) is 34.0 Å². The largest absolute Gasteiger partial charge is 0.388 e. The lowest BCUT2D eigenvalue weighted by atomic mass is 9.94. The lowest BCUT2D eigenvalue weighted by Crippen LogP contribution is -2.55. The molecule has 39 heavy (non-hydrogen) atoms. The molecule has 0 bridgehead atoms. The number of rotatable bonds is 11. The van der Waals surface area contributed by atoms with Crippen LogP contribution in [-0.4, -0.2) is 73.0 Å². The Hall–Kier alpha value is -3.46. The SMILES string of the molecule is C[C@H](NC(=O)c1ccccc1)[C@@H](O)[C@H](O)[C@@H](Cc1cc(F)cc(F)c1)NC(=O)c1csc(N(C)S(C)(=O)=O)n1. The zero-order chi connectivity index (χ0) is 28.9. The molecule has 0 fully saturated rings. The van der Waals surface area contributed by atoms with Gasteiger partial charge < -0.3 is 20.8 Å². The Labute approximate surface area is 228 Å². The monoisotopic (exact) mass is 582 g/mol. The second-order valence-electron chi connectivity index (χ2n) is 8.92. The summed E-state index contributed by atoms with van der Waals surface area (Å²) in [7, 11) is -2.37. The van der Waals surface area contributed by atoms with E-state index in [0.29, 0.717) is 11.6 Å². The van der Waals surface area contributed by atoms with E-state index in [-0.39, 0.29) is 22.8 Å². The van der Waals surface area contributed by atoms with E-state index >= 15 is 0 Å². The fraction of sp³-hybridized carbons (Fsp3) is 0.320. The highest BCUT2D eigenvalue weighted by molar-refractivity contribution is 7.92. The number of aromatic nitrogens is 1. The van der Waals surface area contributed by atoms with Crippen LogP contribution < -0.4 is 14.9 Å². The molecule has 0 spiro atoms. The van der Waals surface area contributed by atoms with Crippen LogP contribution in [0.25, 0.3) is 0 Å². The standard InChI is InChI=1S/C25H28F2N4O6S2/c1-14(28-23(34)16-7-5-4-6-8-16)21(32)22(33)19(11-15-9-17(26)12-18(27)10-15)29-24(35)20-13-38-25(30-20)31(2)39(3,36)37/h4-10,12-14,19,21-22,32-33H,11H2,1-3H3,(H,28,34)(H,29,35)/t14-,19+,21+,22+/m0/s1. The molecule has 2 aromatic carbocycles. The number of nitrogens with zero attached hydrogens (tertiary/aromatic N) is 2. The van der Waals surface area contributed by atoms with Gasteiger partial charge in [0.2, 0.25) is 10.0 Å². The Morgan fingerprint density at radius 1 is 1.03 bits per heavy atom. The summed E-state index contributed by atoms with van der Waals surface area (Å²) in [5, 5.41) is 28.3. The van der Waals surface area contributed by atoms with Crippen molar-refractivity contribution < 1.29 is 37.0 Å². The van der Waals surface area contributed by atoms with Gasteiger partial charge in [-0.05, 0) is 43.2 Å². The van der Waals surface area contributed by atoms with Gasteiger partial charge in [-0.1, -0.05) is 18.2 Å². The van der Waals surface area contributed by atoms with Crippen LogP contribution >= 0.6 is 11.3 Å². The van der Waals surface area contributed by atoms with Crippen LogP contribution in [0.3, 0.4) is 0 Å². The average Bonchev–Trinajstić information content (AvgIpc) is 3.36. The molecule has 0 saturated carbocycles. The second kappa shape index (κ2) is 12.6. The summed E-state index contributed by atoms with van der Waals surface area (Å²) in [6.45, 7) is 1.45. The molecule has 3 aromatic rings. The summed E-state index contributed by atoms with van der Waals surface area (Å²) >= 11 is 0.888. The lowest BCUT2D eigenvalue weighted by Gasteiger charge is -2.31. The third-order valence-electron chi connectivity index (χ3n) is 5.86. The van der Waals surface area contributed by atoms with Crippen LogP contribution in [0.15, 0.2) is 53.9 Å². The van der Waals surface area contributed by atoms with Crippen molar-refractivity contribution in [1.29, 1.82) is 0 Å². The highest BCUT2D eigenvalue weighted by Gasteiger charge is 2.33. The first kappa shape index (κ1) is 30.1. The number of hydrogen-bond donors (Lipinski definition) is 4. The molecule has 210 valence electrons. The van der Waals surface area contributed by atoms with E-state index in [1.807, 2.05) is 0 Å². The van der Waals surface area contributed by atoms with Crippen LogP contribution in [0.5, 0.6) is 0 Å². The van der Waals surface area contributed by atoms with Crippen molar-refractivity contribution in [1.82, 2.24) is 15.6 Å². The second-order valence-corrected chi connectivity index (χ2v) is 11.8. The number of carbonyl (C=O) groups excluding carboxylic acids is 2. The quantitative estimate of drug-likeness (QED) is 0.269. The van der Waals surface area contributed by atoms with Crippen molar-refractivity contribution >= 4 is 38.3 Å². The molecule has 0 aliphatic heterocycles. The minimum Gasteiger partial charge on any atom is -0.388 e. The van der Waals surface area contributed by atoms with Gasteiger partial charge in [0.25, 0.3) is 11.8 Å². The fourth-order valence-electron chi connectivity index (χ4n) is 3.64. The van der Waals surface area contributed by atoms with Gasteiger partial charge >= 0.3 is 0 Å². The molecule has 0 aliphatic rings. The minimum absolute atomic E-state index is 0.0178. The predicted octanol–water partition coefficient (Wildman–Crippen LogP) is 1.70.